The normalized spacial score (nSPS) is 22.8. The van der Waals surface area contributed by atoms with E-state index in [1.54, 1.807) is 6.92 Å². The maximum atomic E-state index is 13.3. The summed E-state index contributed by atoms with van der Waals surface area (Å²) < 4.78 is 78.6. The van der Waals surface area contributed by atoms with Crippen molar-refractivity contribution in [1.29, 1.82) is 5.26 Å². The SMILES string of the molecule is Cc1c(N2[C@H](C)CC[C@@H]2[C@H](O)C(F)(F)F)ccc(C#N)c1C(F)(F)F. The van der Waals surface area contributed by atoms with Crippen LogP contribution in [-0.2, 0) is 6.18 Å². The third-order valence-electron chi connectivity index (χ3n) is 4.53. The maximum Gasteiger partial charge on any atom is 0.418 e. The summed E-state index contributed by atoms with van der Waals surface area (Å²) in [6.45, 7) is 2.72. The molecule has 0 aliphatic carbocycles. The van der Waals surface area contributed by atoms with Gasteiger partial charge in [0.25, 0.3) is 0 Å². The highest BCUT2D eigenvalue weighted by molar-refractivity contribution is 5.63. The zero-order valence-electron chi connectivity index (χ0n) is 13.4. The van der Waals surface area contributed by atoms with Crippen molar-refractivity contribution in [3.63, 3.8) is 0 Å². The van der Waals surface area contributed by atoms with E-state index in [2.05, 4.69) is 0 Å². The summed E-state index contributed by atoms with van der Waals surface area (Å²) in [4.78, 5) is 1.18. The molecule has 1 saturated heterocycles. The van der Waals surface area contributed by atoms with Crippen LogP contribution in [0.15, 0.2) is 12.1 Å². The van der Waals surface area contributed by atoms with Crippen molar-refractivity contribution in [2.24, 2.45) is 0 Å². The minimum absolute atomic E-state index is 0.00262. The van der Waals surface area contributed by atoms with Crippen LogP contribution in [0.25, 0.3) is 0 Å². The van der Waals surface area contributed by atoms with E-state index in [0.717, 1.165) is 13.0 Å². The van der Waals surface area contributed by atoms with Crippen LogP contribution in [0.4, 0.5) is 32.0 Å². The Balaban J connectivity index is 2.58. The van der Waals surface area contributed by atoms with Gasteiger partial charge in [0.1, 0.15) is 0 Å². The van der Waals surface area contributed by atoms with E-state index in [-0.39, 0.29) is 17.7 Å². The van der Waals surface area contributed by atoms with E-state index in [1.165, 1.54) is 17.0 Å². The monoisotopic (exact) mass is 366 g/mol. The van der Waals surface area contributed by atoms with E-state index in [4.69, 9.17) is 5.26 Å². The lowest BCUT2D eigenvalue weighted by Crippen LogP contribution is -2.49. The Morgan fingerprint density at radius 2 is 1.80 bits per heavy atom. The summed E-state index contributed by atoms with van der Waals surface area (Å²) in [5.74, 6) is 0. The summed E-state index contributed by atoms with van der Waals surface area (Å²) >= 11 is 0. The minimum Gasteiger partial charge on any atom is -0.382 e. The molecule has 9 heteroatoms. The van der Waals surface area contributed by atoms with Crippen molar-refractivity contribution < 1.29 is 31.4 Å². The summed E-state index contributed by atoms with van der Waals surface area (Å²) in [5, 5.41) is 18.5. The molecule has 0 aromatic heterocycles. The largest absolute Gasteiger partial charge is 0.418 e. The predicted octanol–water partition coefficient (Wildman–Crippen LogP) is 4.17. The minimum atomic E-state index is -4.87. The molecule has 1 aliphatic heterocycles. The van der Waals surface area contributed by atoms with Crippen molar-refractivity contribution in [3.8, 4) is 6.07 Å². The molecule has 2 rings (SSSR count). The smallest absolute Gasteiger partial charge is 0.382 e. The molecule has 1 N–H and O–H groups in total. The highest BCUT2D eigenvalue weighted by atomic mass is 19.4. The maximum absolute atomic E-state index is 13.3. The second-order valence-electron chi connectivity index (χ2n) is 6.13. The van der Waals surface area contributed by atoms with E-state index in [9.17, 15) is 31.4 Å². The Morgan fingerprint density at radius 1 is 1.20 bits per heavy atom. The third kappa shape index (κ3) is 3.54. The quantitative estimate of drug-likeness (QED) is 0.800. The van der Waals surface area contributed by atoms with Gasteiger partial charge in [0.05, 0.1) is 23.2 Å². The zero-order valence-corrected chi connectivity index (χ0v) is 13.4. The van der Waals surface area contributed by atoms with Crippen molar-refractivity contribution in [1.82, 2.24) is 0 Å². The Hall–Kier alpha value is -1.95. The number of hydrogen-bond acceptors (Lipinski definition) is 3. The standard InChI is InChI=1S/C16H16F6N2O/c1-8-3-5-12(14(25)16(20,21)22)24(8)11-6-4-10(7-23)13(9(11)2)15(17,18)19/h4,6,8,12,14,25H,3,5H2,1-2H3/t8-,12-,14+/m1/s1. The van der Waals surface area contributed by atoms with Gasteiger partial charge in [-0.15, -0.1) is 0 Å². The summed E-state index contributed by atoms with van der Waals surface area (Å²) in [7, 11) is 0. The Labute approximate surface area is 140 Å². The first kappa shape index (κ1) is 19.4. The van der Waals surface area contributed by atoms with Gasteiger partial charge in [0, 0.05) is 11.7 Å². The number of anilines is 1. The van der Waals surface area contributed by atoms with Gasteiger partial charge in [0.2, 0.25) is 0 Å². The number of nitrogens with zero attached hydrogens (tertiary/aromatic N) is 2. The second-order valence-corrected chi connectivity index (χ2v) is 6.13. The molecule has 0 bridgehead atoms. The molecule has 1 fully saturated rings. The fourth-order valence-corrected chi connectivity index (χ4v) is 3.40. The molecule has 3 nitrogen and oxygen atoms in total. The van der Waals surface area contributed by atoms with Crippen LogP contribution < -0.4 is 4.90 Å². The Bertz CT molecular complexity index is 692. The molecule has 0 saturated carbocycles. The molecule has 3 atom stereocenters. The van der Waals surface area contributed by atoms with Crippen LogP contribution >= 0.6 is 0 Å². The van der Waals surface area contributed by atoms with E-state index in [1.807, 2.05) is 0 Å². The topological polar surface area (TPSA) is 47.3 Å². The van der Waals surface area contributed by atoms with Gasteiger partial charge >= 0.3 is 12.4 Å². The van der Waals surface area contributed by atoms with Crippen molar-refractivity contribution >= 4 is 5.69 Å². The molecule has 25 heavy (non-hydrogen) atoms. The van der Waals surface area contributed by atoms with Crippen LogP contribution in [0.1, 0.15) is 36.5 Å². The van der Waals surface area contributed by atoms with Gasteiger partial charge in [-0.2, -0.15) is 31.6 Å². The summed E-state index contributed by atoms with van der Waals surface area (Å²) in [5.41, 5.74) is -2.12. The summed E-state index contributed by atoms with van der Waals surface area (Å²) in [6, 6.07) is 1.77. The van der Waals surface area contributed by atoms with E-state index >= 15 is 0 Å². The fourth-order valence-electron chi connectivity index (χ4n) is 3.40. The van der Waals surface area contributed by atoms with Gasteiger partial charge in [-0.1, -0.05) is 0 Å². The van der Waals surface area contributed by atoms with Crippen LogP contribution in [0.3, 0.4) is 0 Å². The predicted molar refractivity (Wildman–Crippen MR) is 77.9 cm³/mol. The van der Waals surface area contributed by atoms with Gasteiger partial charge in [-0.3, -0.25) is 0 Å². The number of alkyl halides is 6. The number of benzene rings is 1. The molecule has 0 amide bonds. The van der Waals surface area contributed by atoms with Gasteiger partial charge < -0.3 is 10.0 Å². The number of rotatable bonds is 2. The van der Waals surface area contributed by atoms with Crippen LogP contribution in [-0.4, -0.2) is 29.5 Å². The van der Waals surface area contributed by atoms with Gasteiger partial charge in [-0.05, 0) is 44.4 Å². The lowest BCUT2D eigenvalue weighted by Gasteiger charge is -2.36. The van der Waals surface area contributed by atoms with Gasteiger partial charge in [0.15, 0.2) is 6.10 Å². The van der Waals surface area contributed by atoms with Crippen molar-refractivity contribution in [2.45, 2.75) is 57.2 Å². The first-order chi connectivity index (χ1) is 11.4. The second kappa shape index (κ2) is 6.41. The number of aliphatic hydroxyl groups is 1. The van der Waals surface area contributed by atoms with Gasteiger partial charge in [-0.25, -0.2) is 0 Å². The molecule has 1 aliphatic rings. The van der Waals surface area contributed by atoms with Crippen LogP contribution in [0.2, 0.25) is 0 Å². The number of hydrogen-bond donors (Lipinski definition) is 1. The van der Waals surface area contributed by atoms with Crippen molar-refractivity contribution in [3.05, 3.63) is 28.8 Å². The Morgan fingerprint density at radius 3 is 2.28 bits per heavy atom. The zero-order chi connectivity index (χ0) is 19.2. The molecule has 1 aromatic carbocycles. The number of aliphatic hydroxyl groups excluding tert-OH is 1. The lowest BCUT2D eigenvalue weighted by molar-refractivity contribution is -0.209. The Kier molecular flexibility index (Phi) is 4.97. The van der Waals surface area contributed by atoms with E-state index in [0.29, 0.717) is 6.42 Å². The first-order valence-corrected chi connectivity index (χ1v) is 7.53. The molecule has 138 valence electrons. The lowest BCUT2D eigenvalue weighted by atomic mass is 9.98. The molecular formula is C16H16F6N2O. The average molecular weight is 366 g/mol. The first-order valence-electron chi connectivity index (χ1n) is 7.53. The average Bonchev–Trinajstić information content (AvgIpc) is 2.85. The molecule has 0 unspecified atom stereocenters. The van der Waals surface area contributed by atoms with E-state index < -0.39 is 41.7 Å². The number of halogens is 6. The van der Waals surface area contributed by atoms with Crippen LogP contribution in [0, 0.1) is 18.3 Å². The molecule has 1 aromatic rings. The molecule has 0 spiro atoms. The van der Waals surface area contributed by atoms with Crippen molar-refractivity contribution in [2.75, 3.05) is 4.90 Å². The third-order valence-corrected chi connectivity index (χ3v) is 4.53. The molecule has 0 radical (unpaired) electrons. The highest BCUT2D eigenvalue weighted by Gasteiger charge is 2.49. The summed E-state index contributed by atoms with van der Waals surface area (Å²) in [6.07, 6.45) is -12.0. The van der Waals surface area contributed by atoms with Crippen LogP contribution in [0.5, 0.6) is 0 Å². The molecule has 1 heterocycles. The highest BCUT2D eigenvalue weighted by Crippen LogP contribution is 2.43. The molecular weight excluding hydrogens is 350 g/mol. The fraction of sp³-hybridized carbons (Fsp3) is 0.562. The number of nitriles is 1.